The topological polar surface area (TPSA) is 82.4 Å². The van der Waals surface area contributed by atoms with Gasteiger partial charge in [0.1, 0.15) is 11.4 Å². The van der Waals surface area contributed by atoms with Crippen molar-refractivity contribution in [1.29, 1.82) is 5.26 Å². The van der Waals surface area contributed by atoms with Gasteiger partial charge >= 0.3 is 6.09 Å². The second-order valence-corrected chi connectivity index (χ2v) is 11.7. The minimum Gasteiger partial charge on any atom is -0.444 e. The number of benzene rings is 1. The Balaban J connectivity index is 1.45. The molecule has 2 aromatic rings. The lowest BCUT2D eigenvalue weighted by Crippen LogP contribution is -2.56. The fraction of sp³-hybridized carbons (Fsp3) is 0.556. The minimum atomic E-state index is -0.571. The zero-order valence-electron chi connectivity index (χ0n) is 21.0. The van der Waals surface area contributed by atoms with Crippen molar-refractivity contribution in [3.05, 3.63) is 46.6 Å². The number of aromatic nitrogens is 2. The molecule has 7 nitrogen and oxygen atoms in total. The summed E-state index contributed by atoms with van der Waals surface area (Å²) in [5.74, 6) is 0.979. The number of carbonyl (C=O) groups is 1. The van der Waals surface area contributed by atoms with Gasteiger partial charge in [0.05, 0.1) is 24.2 Å². The Kier molecular flexibility index (Phi) is 6.16. The summed E-state index contributed by atoms with van der Waals surface area (Å²) in [6.07, 6.45) is 6.06. The molecule has 184 valence electrons. The number of hydrogen-bond acceptors (Lipinski definition) is 7. The van der Waals surface area contributed by atoms with Crippen LogP contribution in [0.5, 0.6) is 0 Å². The fourth-order valence-electron chi connectivity index (χ4n) is 5.92. The Bertz CT molecular complexity index is 1190. The first-order valence-electron chi connectivity index (χ1n) is 12.4. The highest BCUT2D eigenvalue weighted by Crippen LogP contribution is 2.50. The number of rotatable bonds is 3. The molecule has 5 rings (SSSR count). The van der Waals surface area contributed by atoms with E-state index < -0.39 is 5.60 Å². The van der Waals surface area contributed by atoms with Gasteiger partial charge in [-0.1, -0.05) is 36.0 Å². The van der Waals surface area contributed by atoms with Gasteiger partial charge in [-0.05, 0) is 57.4 Å². The number of nitrogens with zero attached hydrogens (tertiary/aromatic N) is 5. The molecule has 2 heterocycles. The van der Waals surface area contributed by atoms with E-state index in [-0.39, 0.29) is 24.0 Å². The van der Waals surface area contributed by atoms with Crippen molar-refractivity contribution in [2.45, 2.75) is 75.1 Å². The molecule has 1 aromatic carbocycles. The Labute approximate surface area is 211 Å². The highest BCUT2D eigenvalue weighted by molar-refractivity contribution is 7.98. The molecule has 0 bridgehead atoms. The van der Waals surface area contributed by atoms with Crippen molar-refractivity contribution in [3.63, 3.8) is 0 Å². The Morgan fingerprint density at radius 1 is 1.26 bits per heavy atom. The summed E-state index contributed by atoms with van der Waals surface area (Å²) in [5, 5.41) is 10.3. The molecule has 2 aliphatic carbocycles. The van der Waals surface area contributed by atoms with Crippen LogP contribution in [0.15, 0.2) is 29.4 Å². The fourth-order valence-corrected chi connectivity index (χ4v) is 6.30. The first-order chi connectivity index (χ1) is 16.7. The SMILES string of the molecule is CSc1nc2c(c(N3CCN(C(=O)OC(C)(C)C)[C@@H](CC#N)C3)n1)CC1(CCc3ccccc31)C2. The summed E-state index contributed by atoms with van der Waals surface area (Å²) in [7, 11) is 0. The van der Waals surface area contributed by atoms with Gasteiger partial charge in [0.2, 0.25) is 0 Å². The van der Waals surface area contributed by atoms with Gasteiger partial charge < -0.3 is 14.5 Å². The molecule has 1 aromatic heterocycles. The first kappa shape index (κ1) is 23.9. The molecule has 1 spiro atoms. The summed E-state index contributed by atoms with van der Waals surface area (Å²) in [6, 6.07) is 10.9. The Morgan fingerprint density at radius 3 is 2.80 bits per heavy atom. The van der Waals surface area contributed by atoms with E-state index in [2.05, 4.69) is 35.2 Å². The number of nitriles is 1. The van der Waals surface area contributed by atoms with Crippen molar-refractivity contribution < 1.29 is 9.53 Å². The van der Waals surface area contributed by atoms with E-state index in [4.69, 9.17) is 14.7 Å². The number of thioether (sulfide) groups is 1. The van der Waals surface area contributed by atoms with Crippen LogP contribution in [0, 0.1) is 11.3 Å². The van der Waals surface area contributed by atoms with Gasteiger partial charge in [-0.25, -0.2) is 14.8 Å². The van der Waals surface area contributed by atoms with E-state index in [1.807, 2.05) is 27.0 Å². The van der Waals surface area contributed by atoms with Crippen LogP contribution in [0.1, 0.15) is 56.0 Å². The maximum Gasteiger partial charge on any atom is 0.410 e. The van der Waals surface area contributed by atoms with E-state index in [1.54, 1.807) is 16.7 Å². The summed E-state index contributed by atoms with van der Waals surface area (Å²) >= 11 is 1.57. The summed E-state index contributed by atoms with van der Waals surface area (Å²) in [4.78, 5) is 26.8. The van der Waals surface area contributed by atoms with E-state index in [0.717, 1.165) is 42.4 Å². The molecule has 1 aliphatic heterocycles. The maximum atomic E-state index is 12.9. The van der Waals surface area contributed by atoms with Crippen molar-refractivity contribution >= 4 is 23.7 Å². The average molecular weight is 492 g/mol. The number of fused-ring (bicyclic) bond motifs is 3. The Hall–Kier alpha value is -2.79. The summed E-state index contributed by atoms with van der Waals surface area (Å²) < 4.78 is 5.63. The number of piperazine rings is 1. The lowest BCUT2D eigenvalue weighted by molar-refractivity contribution is 0.0145. The van der Waals surface area contributed by atoms with Gasteiger partial charge in [-0.15, -0.1) is 0 Å². The maximum absolute atomic E-state index is 12.9. The van der Waals surface area contributed by atoms with Gasteiger partial charge in [0.25, 0.3) is 0 Å². The predicted octanol–water partition coefficient (Wildman–Crippen LogP) is 4.52. The molecule has 1 unspecified atom stereocenters. The molecule has 35 heavy (non-hydrogen) atoms. The third kappa shape index (κ3) is 4.47. The molecule has 1 saturated heterocycles. The number of ether oxygens (including phenoxy) is 1. The number of hydrogen-bond donors (Lipinski definition) is 0. The molecule has 1 fully saturated rings. The van der Waals surface area contributed by atoms with Crippen LogP contribution >= 0.6 is 11.8 Å². The largest absolute Gasteiger partial charge is 0.444 e. The molecule has 8 heteroatoms. The molecule has 0 N–H and O–H groups in total. The van der Waals surface area contributed by atoms with Crippen molar-refractivity contribution in [2.24, 2.45) is 0 Å². The van der Waals surface area contributed by atoms with Crippen molar-refractivity contribution in [1.82, 2.24) is 14.9 Å². The third-order valence-electron chi connectivity index (χ3n) is 7.45. The molecule has 0 radical (unpaired) electrons. The number of carbonyl (C=O) groups excluding carboxylic acids is 1. The van der Waals surface area contributed by atoms with Gasteiger partial charge in [0, 0.05) is 37.0 Å². The highest BCUT2D eigenvalue weighted by atomic mass is 32.2. The van der Waals surface area contributed by atoms with E-state index in [1.165, 1.54) is 16.7 Å². The Morgan fingerprint density at radius 2 is 2.06 bits per heavy atom. The van der Waals surface area contributed by atoms with E-state index >= 15 is 0 Å². The quantitative estimate of drug-likeness (QED) is 0.461. The van der Waals surface area contributed by atoms with Crippen LogP contribution in [0.4, 0.5) is 10.6 Å². The average Bonchev–Trinajstić information content (AvgIpc) is 3.38. The lowest BCUT2D eigenvalue weighted by Gasteiger charge is -2.42. The number of aryl methyl sites for hydroxylation is 1. The first-order valence-corrected chi connectivity index (χ1v) is 13.6. The zero-order chi connectivity index (χ0) is 24.8. The van der Waals surface area contributed by atoms with Gasteiger partial charge in [-0.3, -0.25) is 0 Å². The highest BCUT2D eigenvalue weighted by Gasteiger charge is 2.46. The van der Waals surface area contributed by atoms with E-state index in [0.29, 0.717) is 19.6 Å². The van der Waals surface area contributed by atoms with Crippen LogP contribution in [0.2, 0.25) is 0 Å². The predicted molar refractivity (Wildman–Crippen MR) is 137 cm³/mol. The normalized spacial score (nSPS) is 23.2. The lowest BCUT2D eigenvalue weighted by atomic mass is 9.79. The second-order valence-electron chi connectivity index (χ2n) is 10.9. The number of anilines is 1. The second kappa shape index (κ2) is 9.02. The molecule has 3 aliphatic rings. The van der Waals surface area contributed by atoms with E-state index in [9.17, 15) is 10.1 Å². The van der Waals surface area contributed by atoms with Crippen LogP contribution in [-0.2, 0) is 29.4 Å². The molecule has 2 atom stereocenters. The van der Waals surface area contributed by atoms with Crippen molar-refractivity contribution in [3.8, 4) is 6.07 Å². The third-order valence-corrected chi connectivity index (χ3v) is 8.00. The summed E-state index contributed by atoms with van der Waals surface area (Å²) in [5.41, 5.74) is 4.84. The van der Waals surface area contributed by atoms with Crippen LogP contribution in [0.3, 0.4) is 0 Å². The van der Waals surface area contributed by atoms with Gasteiger partial charge in [-0.2, -0.15) is 5.26 Å². The molecule has 1 amide bonds. The molecule has 0 saturated carbocycles. The van der Waals surface area contributed by atoms with Crippen LogP contribution < -0.4 is 4.90 Å². The monoisotopic (exact) mass is 491 g/mol. The van der Waals surface area contributed by atoms with Crippen molar-refractivity contribution in [2.75, 3.05) is 30.8 Å². The molecular weight excluding hydrogens is 458 g/mol. The molecular formula is C27H33N5O2S. The minimum absolute atomic E-state index is 0.101. The van der Waals surface area contributed by atoms with Gasteiger partial charge in [0.15, 0.2) is 5.16 Å². The van der Waals surface area contributed by atoms with Crippen LogP contribution in [-0.4, -0.2) is 58.5 Å². The summed E-state index contributed by atoms with van der Waals surface area (Å²) in [6.45, 7) is 7.32. The zero-order valence-corrected chi connectivity index (χ0v) is 21.8. The van der Waals surface area contributed by atoms with Crippen LogP contribution in [0.25, 0.3) is 0 Å². The standard InChI is InChI=1S/C27H33N5O2S/c1-26(2,3)34-25(33)32-14-13-31(17-19(32)10-12-28)23-20-15-27(16-22(20)29-24(30-23)35-4)11-9-18-7-5-6-8-21(18)27/h5-8,19H,9-11,13-17H2,1-4H3/t19-,27?/m0/s1. The number of amides is 1. The smallest absolute Gasteiger partial charge is 0.410 e.